The van der Waals surface area contributed by atoms with E-state index in [1.165, 1.54) is 0 Å². The minimum absolute atomic E-state index is 0.00631. The van der Waals surface area contributed by atoms with Crippen LogP contribution < -0.4 is 10.1 Å². The fourth-order valence-electron chi connectivity index (χ4n) is 3.77. The molecule has 0 saturated carbocycles. The first-order chi connectivity index (χ1) is 16.9. The first-order valence-electron chi connectivity index (χ1n) is 11.9. The number of hydrogen-bond acceptors (Lipinski definition) is 3. The number of rotatable bonds is 11. The molecule has 0 radical (unpaired) electrons. The molecule has 0 spiro atoms. The Labute approximate surface area is 216 Å². The van der Waals surface area contributed by atoms with Crippen molar-refractivity contribution < 1.29 is 14.3 Å². The molecular weight excluding hydrogens is 504 g/mol. The standard InChI is InChI=1S/C29H33BrN2O3/c1-4-22(3)31-29(34)26(18-23-12-6-5-7-13-23)32(19-24-14-10-15-25(30)17-24)28(33)20-35-27-16-9-8-11-21(27)2/h5-17,22,26H,4,18-20H2,1-3H3,(H,31,34)/t22-,26+/m1/s1. The molecule has 0 heterocycles. The highest BCUT2D eigenvalue weighted by Gasteiger charge is 2.31. The number of aryl methyl sites for hydroxylation is 1. The predicted molar refractivity (Wildman–Crippen MR) is 143 cm³/mol. The van der Waals surface area contributed by atoms with Crippen LogP contribution in [-0.4, -0.2) is 35.4 Å². The topological polar surface area (TPSA) is 58.6 Å². The number of carbonyl (C=O) groups is 2. The Bertz CT molecular complexity index is 1120. The molecule has 184 valence electrons. The summed E-state index contributed by atoms with van der Waals surface area (Å²) in [5.41, 5.74) is 2.87. The number of hydrogen-bond donors (Lipinski definition) is 1. The van der Waals surface area contributed by atoms with Crippen LogP contribution in [0.4, 0.5) is 0 Å². The number of ether oxygens (including phenoxy) is 1. The molecule has 0 aliphatic heterocycles. The van der Waals surface area contributed by atoms with E-state index in [2.05, 4.69) is 21.2 Å². The molecule has 0 aliphatic rings. The van der Waals surface area contributed by atoms with Crippen molar-refractivity contribution in [1.82, 2.24) is 10.2 Å². The lowest BCUT2D eigenvalue weighted by atomic mass is 10.0. The summed E-state index contributed by atoms with van der Waals surface area (Å²) < 4.78 is 6.81. The molecule has 2 atom stereocenters. The Kier molecular flexibility index (Phi) is 9.91. The molecule has 5 nitrogen and oxygen atoms in total. The van der Waals surface area contributed by atoms with Gasteiger partial charge in [-0.3, -0.25) is 9.59 Å². The average Bonchev–Trinajstić information content (AvgIpc) is 2.86. The first kappa shape index (κ1) is 26.5. The summed E-state index contributed by atoms with van der Waals surface area (Å²) in [5, 5.41) is 3.08. The van der Waals surface area contributed by atoms with Gasteiger partial charge in [-0.2, -0.15) is 0 Å². The zero-order valence-corrected chi connectivity index (χ0v) is 22.1. The van der Waals surface area contributed by atoms with E-state index < -0.39 is 6.04 Å². The highest BCUT2D eigenvalue weighted by Crippen LogP contribution is 2.20. The van der Waals surface area contributed by atoms with E-state index in [9.17, 15) is 9.59 Å². The van der Waals surface area contributed by atoms with Crippen LogP contribution in [0.15, 0.2) is 83.3 Å². The van der Waals surface area contributed by atoms with E-state index >= 15 is 0 Å². The van der Waals surface area contributed by atoms with Crippen LogP contribution in [0, 0.1) is 6.92 Å². The maximum Gasteiger partial charge on any atom is 0.261 e. The van der Waals surface area contributed by atoms with Crippen molar-refractivity contribution in [3.8, 4) is 5.75 Å². The van der Waals surface area contributed by atoms with Gasteiger partial charge in [0.05, 0.1) is 0 Å². The molecule has 3 rings (SSSR count). The number of para-hydroxylation sites is 1. The minimum Gasteiger partial charge on any atom is -0.484 e. The van der Waals surface area contributed by atoms with Gasteiger partial charge in [0, 0.05) is 23.5 Å². The first-order valence-corrected chi connectivity index (χ1v) is 12.7. The Morgan fingerprint density at radius 3 is 2.34 bits per heavy atom. The number of nitrogens with one attached hydrogen (secondary N) is 1. The maximum absolute atomic E-state index is 13.6. The summed E-state index contributed by atoms with van der Waals surface area (Å²) >= 11 is 3.51. The molecular formula is C29H33BrN2O3. The summed E-state index contributed by atoms with van der Waals surface area (Å²) in [6.07, 6.45) is 1.22. The van der Waals surface area contributed by atoms with Crippen molar-refractivity contribution in [1.29, 1.82) is 0 Å². The SMILES string of the molecule is CC[C@@H](C)NC(=O)[C@H](Cc1ccccc1)N(Cc1cccc(Br)c1)C(=O)COc1ccccc1C. The molecule has 0 aromatic heterocycles. The van der Waals surface area contributed by atoms with Gasteiger partial charge in [0.15, 0.2) is 6.61 Å². The molecule has 0 unspecified atom stereocenters. The fourth-order valence-corrected chi connectivity index (χ4v) is 4.21. The molecule has 2 amide bonds. The highest BCUT2D eigenvalue weighted by atomic mass is 79.9. The van der Waals surface area contributed by atoms with Gasteiger partial charge < -0.3 is 15.0 Å². The van der Waals surface area contributed by atoms with Gasteiger partial charge in [0.25, 0.3) is 5.91 Å². The van der Waals surface area contributed by atoms with E-state index in [1.807, 2.05) is 99.6 Å². The largest absolute Gasteiger partial charge is 0.484 e. The number of benzene rings is 3. The zero-order chi connectivity index (χ0) is 25.2. The van der Waals surface area contributed by atoms with Crippen molar-refractivity contribution >= 4 is 27.7 Å². The summed E-state index contributed by atoms with van der Waals surface area (Å²) in [6.45, 7) is 6.08. The zero-order valence-electron chi connectivity index (χ0n) is 20.5. The number of amides is 2. The molecule has 0 aliphatic carbocycles. The molecule has 35 heavy (non-hydrogen) atoms. The van der Waals surface area contributed by atoms with Crippen LogP contribution in [0.1, 0.15) is 37.0 Å². The lowest BCUT2D eigenvalue weighted by molar-refractivity contribution is -0.143. The van der Waals surface area contributed by atoms with Crippen molar-refractivity contribution in [2.24, 2.45) is 0 Å². The van der Waals surface area contributed by atoms with Crippen molar-refractivity contribution in [3.05, 3.63) is 100 Å². The molecule has 1 N–H and O–H groups in total. The van der Waals surface area contributed by atoms with Gasteiger partial charge >= 0.3 is 0 Å². The summed E-state index contributed by atoms with van der Waals surface area (Å²) in [5.74, 6) is 0.253. The number of halogens is 1. The van der Waals surface area contributed by atoms with Crippen LogP contribution in [0.3, 0.4) is 0 Å². The smallest absolute Gasteiger partial charge is 0.261 e. The van der Waals surface area contributed by atoms with Crippen LogP contribution in [0.25, 0.3) is 0 Å². The second kappa shape index (κ2) is 13.1. The molecule has 0 fully saturated rings. The average molecular weight is 537 g/mol. The van der Waals surface area contributed by atoms with Crippen LogP contribution in [0.2, 0.25) is 0 Å². The lowest BCUT2D eigenvalue weighted by Gasteiger charge is -2.32. The quantitative estimate of drug-likeness (QED) is 0.342. The lowest BCUT2D eigenvalue weighted by Crippen LogP contribution is -2.53. The molecule has 3 aromatic carbocycles. The van der Waals surface area contributed by atoms with Crippen LogP contribution in [-0.2, 0) is 22.6 Å². The van der Waals surface area contributed by atoms with E-state index in [1.54, 1.807) is 4.90 Å². The summed E-state index contributed by atoms with van der Waals surface area (Å²) in [4.78, 5) is 28.8. The molecule has 3 aromatic rings. The van der Waals surface area contributed by atoms with Crippen molar-refractivity contribution in [3.63, 3.8) is 0 Å². The molecule has 6 heteroatoms. The van der Waals surface area contributed by atoms with Crippen LogP contribution in [0.5, 0.6) is 5.75 Å². The Morgan fingerprint density at radius 2 is 1.66 bits per heavy atom. The Balaban J connectivity index is 1.92. The van der Waals surface area contributed by atoms with Gasteiger partial charge in [0.2, 0.25) is 5.91 Å². The number of carbonyl (C=O) groups excluding carboxylic acids is 2. The fraction of sp³-hybridized carbons (Fsp3) is 0.310. The maximum atomic E-state index is 13.6. The summed E-state index contributed by atoms with van der Waals surface area (Å²) in [6, 6.07) is 24.5. The Morgan fingerprint density at radius 1 is 0.971 bits per heavy atom. The van der Waals surface area contributed by atoms with Crippen molar-refractivity contribution in [2.75, 3.05) is 6.61 Å². The minimum atomic E-state index is -0.682. The molecule has 0 bridgehead atoms. The second-order valence-electron chi connectivity index (χ2n) is 8.73. The highest BCUT2D eigenvalue weighted by molar-refractivity contribution is 9.10. The van der Waals surface area contributed by atoms with Crippen LogP contribution >= 0.6 is 15.9 Å². The Hall–Kier alpha value is -3.12. The second-order valence-corrected chi connectivity index (χ2v) is 9.64. The monoisotopic (exact) mass is 536 g/mol. The summed E-state index contributed by atoms with van der Waals surface area (Å²) in [7, 11) is 0. The van der Waals surface area contributed by atoms with Gasteiger partial charge in [-0.25, -0.2) is 0 Å². The van der Waals surface area contributed by atoms with E-state index in [4.69, 9.17) is 4.74 Å². The molecule has 0 saturated heterocycles. The third kappa shape index (κ3) is 7.96. The normalized spacial score (nSPS) is 12.5. The third-order valence-electron chi connectivity index (χ3n) is 5.96. The third-order valence-corrected chi connectivity index (χ3v) is 6.45. The van der Waals surface area contributed by atoms with Gasteiger partial charge in [0.1, 0.15) is 11.8 Å². The van der Waals surface area contributed by atoms with E-state index in [0.29, 0.717) is 18.7 Å². The van der Waals surface area contributed by atoms with E-state index in [-0.39, 0.29) is 24.5 Å². The van der Waals surface area contributed by atoms with Crippen molar-refractivity contribution in [2.45, 2.75) is 52.2 Å². The van der Waals surface area contributed by atoms with E-state index in [0.717, 1.165) is 27.6 Å². The predicted octanol–water partition coefficient (Wildman–Crippen LogP) is 5.69. The van der Waals surface area contributed by atoms with Gasteiger partial charge in [-0.05, 0) is 55.2 Å². The number of nitrogens with zero attached hydrogens (tertiary/aromatic N) is 1. The van der Waals surface area contributed by atoms with Gasteiger partial charge in [-0.1, -0.05) is 83.5 Å². The van der Waals surface area contributed by atoms with Gasteiger partial charge in [-0.15, -0.1) is 0 Å².